The van der Waals surface area contributed by atoms with Crippen molar-refractivity contribution in [1.29, 1.82) is 0 Å². The van der Waals surface area contributed by atoms with Crippen molar-refractivity contribution in [2.45, 2.75) is 57.9 Å². The van der Waals surface area contributed by atoms with Crippen LogP contribution in [0, 0.1) is 12.8 Å². The van der Waals surface area contributed by atoms with E-state index in [1.54, 1.807) is 0 Å². The summed E-state index contributed by atoms with van der Waals surface area (Å²) >= 11 is 6.16. The van der Waals surface area contributed by atoms with Gasteiger partial charge in [-0.15, -0.1) is 0 Å². The van der Waals surface area contributed by atoms with Crippen molar-refractivity contribution >= 4 is 23.5 Å². The van der Waals surface area contributed by atoms with Crippen LogP contribution in [-0.2, 0) is 16.0 Å². The second kappa shape index (κ2) is 7.35. The largest absolute Gasteiger partial charge is 0.480 e. The molecule has 5 heteroatoms. The van der Waals surface area contributed by atoms with Gasteiger partial charge >= 0.3 is 5.97 Å². The van der Waals surface area contributed by atoms with E-state index in [4.69, 9.17) is 11.6 Å². The van der Waals surface area contributed by atoms with Gasteiger partial charge in [0, 0.05) is 5.02 Å². The molecule has 23 heavy (non-hydrogen) atoms. The van der Waals surface area contributed by atoms with Gasteiger partial charge in [-0.3, -0.25) is 4.79 Å². The van der Waals surface area contributed by atoms with Gasteiger partial charge in [-0.2, -0.15) is 0 Å². The van der Waals surface area contributed by atoms with Crippen molar-refractivity contribution in [3.63, 3.8) is 0 Å². The number of rotatable bonds is 5. The van der Waals surface area contributed by atoms with Crippen LogP contribution in [0.1, 0.15) is 50.2 Å². The molecule has 0 spiro atoms. The first-order valence-electron chi connectivity index (χ1n) is 8.15. The molecular formula is C18H24ClNO3. The van der Waals surface area contributed by atoms with Gasteiger partial charge in [0.1, 0.15) is 5.54 Å². The third kappa shape index (κ3) is 4.25. The standard InChI is InChI=1S/C18H24ClNO3/c1-3-13-6-8-18(9-7-13,17(22)23)20-16(21)11-14-5-4-12(2)10-15(14)19/h4-5,10,13H,3,6-9,11H2,1-2H3,(H,20,21)(H,22,23). The molecule has 1 fully saturated rings. The van der Waals surface area contributed by atoms with Crippen LogP contribution >= 0.6 is 11.6 Å². The topological polar surface area (TPSA) is 66.4 Å². The lowest BCUT2D eigenvalue weighted by Crippen LogP contribution is -2.56. The minimum absolute atomic E-state index is 0.103. The number of benzene rings is 1. The van der Waals surface area contributed by atoms with Crippen LogP contribution in [0.2, 0.25) is 5.02 Å². The molecular weight excluding hydrogens is 314 g/mol. The van der Waals surface area contributed by atoms with Crippen molar-refractivity contribution in [2.24, 2.45) is 5.92 Å². The minimum atomic E-state index is -1.13. The molecule has 0 aliphatic heterocycles. The van der Waals surface area contributed by atoms with Crippen molar-refractivity contribution in [1.82, 2.24) is 5.32 Å². The Balaban J connectivity index is 2.05. The Labute approximate surface area is 142 Å². The van der Waals surface area contributed by atoms with Gasteiger partial charge in [-0.1, -0.05) is 37.1 Å². The number of aliphatic carboxylic acids is 1. The number of carbonyl (C=O) groups excluding carboxylic acids is 1. The lowest BCUT2D eigenvalue weighted by atomic mass is 9.75. The molecule has 1 aromatic rings. The van der Waals surface area contributed by atoms with E-state index in [-0.39, 0.29) is 12.3 Å². The summed E-state index contributed by atoms with van der Waals surface area (Å²) in [6.07, 6.45) is 3.83. The Kier molecular flexibility index (Phi) is 5.69. The molecule has 0 radical (unpaired) electrons. The van der Waals surface area contributed by atoms with Gasteiger partial charge in [0.25, 0.3) is 0 Å². The van der Waals surface area contributed by atoms with Crippen LogP contribution in [-0.4, -0.2) is 22.5 Å². The van der Waals surface area contributed by atoms with Crippen LogP contribution in [0.15, 0.2) is 18.2 Å². The number of hydrogen-bond donors (Lipinski definition) is 2. The molecule has 0 atom stereocenters. The second-order valence-corrected chi connectivity index (χ2v) is 6.97. The lowest BCUT2D eigenvalue weighted by Gasteiger charge is -2.37. The average molecular weight is 338 g/mol. The van der Waals surface area contributed by atoms with Crippen LogP contribution in [0.5, 0.6) is 0 Å². The summed E-state index contributed by atoms with van der Waals surface area (Å²) < 4.78 is 0. The Morgan fingerprint density at radius 1 is 1.35 bits per heavy atom. The normalized spacial score (nSPS) is 24.2. The third-order valence-electron chi connectivity index (χ3n) is 4.88. The molecule has 1 amide bonds. The quantitative estimate of drug-likeness (QED) is 0.860. The summed E-state index contributed by atoms with van der Waals surface area (Å²) in [6.45, 7) is 4.05. The van der Waals surface area contributed by atoms with E-state index in [1.165, 1.54) is 0 Å². The molecule has 0 saturated heterocycles. The second-order valence-electron chi connectivity index (χ2n) is 6.56. The highest BCUT2D eigenvalue weighted by molar-refractivity contribution is 6.31. The van der Waals surface area contributed by atoms with Crippen molar-refractivity contribution in [2.75, 3.05) is 0 Å². The first-order valence-corrected chi connectivity index (χ1v) is 8.53. The first kappa shape index (κ1) is 17.8. The summed E-state index contributed by atoms with van der Waals surface area (Å²) in [4.78, 5) is 24.1. The predicted molar refractivity (Wildman–Crippen MR) is 90.7 cm³/mol. The van der Waals surface area contributed by atoms with E-state index >= 15 is 0 Å². The fourth-order valence-corrected chi connectivity index (χ4v) is 3.55. The van der Waals surface area contributed by atoms with E-state index in [0.717, 1.165) is 30.4 Å². The fraction of sp³-hybridized carbons (Fsp3) is 0.556. The van der Waals surface area contributed by atoms with Crippen LogP contribution in [0.3, 0.4) is 0 Å². The van der Waals surface area contributed by atoms with E-state index in [2.05, 4.69) is 12.2 Å². The number of nitrogens with one attached hydrogen (secondary N) is 1. The number of hydrogen-bond acceptors (Lipinski definition) is 2. The fourth-order valence-electron chi connectivity index (χ4n) is 3.25. The third-order valence-corrected chi connectivity index (χ3v) is 5.24. The molecule has 1 aliphatic rings. The molecule has 0 aromatic heterocycles. The molecule has 0 bridgehead atoms. The van der Waals surface area contributed by atoms with Crippen LogP contribution in [0.4, 0.5) is 0 Å². The van der Waals surface area contributed by atoms with E-state index in [9.17, 15) is 14.7 Å². The average Bonchev–Trinajstić information content (AvgIpc) is 2.50. The Morgan fingerprint density at radius 2 is 2.00 bits per heavy atom. The van der Waals surface area contributed by atoms with Gasteiger partial charge in [0.2, 0.25) is 5.91 Å². The molecule has 1 aromatic carbocycles. The highest BCUT2D eigenvalue weighted by atomic mass is 35.5. The zero-order valence-electron chi connectivity index (χ0n) is 13.7. The smallest absolute Gasteiger partial charge is 0.329 e. The Bertz CT molecular complexity index is 592. The van der Waals surface area contributed by atoms with Crippen molar-refractivity contribution in [3.8, 4) is 0 Å². The van der Waals surface area contributed by atoms with E-state index in [1.807, 2.05) is 25.1 Å². The summed E-state index contributed by atoms with van der Waals surface area (Å²) in [5, 5.41) is 12.9. The monoisotopic (exact) mass is 337 g/mol. The van der Waals surface area contributed by atoms with Gasteiger partial charge in [0.15, 0.2) is 0 Å². The van der Waals surface area contributed by atoms with Gasteiger partial charge < -0.3 is 10.4 Å². The molecule has 1 aliphatic carbocycles. The minimum Gasteiger partial charge on any atom is -0.480 e. The van der Waals surface area contributed by atoms with Crippen molar-refractivity contribution in [3.05, 3.63) is 34.3 Å². The van der Waals surface area contributed by atoms with E-state index in [0.29, 0.717) is 23.8 Å². The lowest BCUT2D eigenvalue weighted by molar-refractivity contribution is -0.149. The predicted octanol–water partition coefficient (Wildman–Crippen LogP) is 3.73. The van der Waals surface area contributed by atoms with Gasteiger partial charge in [-0.05, 0) is 55.7 Å². The zero-order valence-corrected chi connectivity index (χ0v) is 14.4. The summed E-state index contributed by atoms with van der Waals surface area (Å²) in [6, 6.07) is 5.52. The molecule has 1 saturated carbocycles. The van der Waals surface area contributed by atoms with Crippen LogP contribution < -0.4 is 5.32 Å². The maximum atomic E-state index is 12.3. The number of halogens is 1. The summed E-state index contributed by atoms with van der Waals surface area (Å²) in [5.41, 5.74) is 0.622. The highest BCUT2D eigenvalue weighted by Crippen LogP contribution is 2.34. The van der Waals surface area contributed by atoms with Gasteiger partial charge in [0.05, 0.1) is 6.42 Å². The van der Waals surface area contributed by atoms with E-state index < -0.39 is 11.5 Å². The zero-order chi connectivity index (χ0) is 17.0. The molecule has 0 unspecified atom stereocenters. The van der Waals surface area contributed by atoms with Crippen LogP contribution in [0.25, 0.3) is 0 Å². The number of amides is 1. The SMILES string of the molecule is CCC1CCC(NC(=O)Cc2ccc(C)cc2Cl)(C(=O)O)CC1. The number of carboxylic acids is 1. The summed E-state index contributed by atoms with van der Waals surface area (Å²) in [7, 11) is 0. The molecule has 4 nitrogen and oxygen atoms in total. The summed E-state index contributed by atoms with van der Waals surface area (Å²) in [5.74, 6) is -0.658. The van der Waals surface area contributed by atoms with Gasteiger partial charge in [-0.25, -0.2) is 4.79 Å². The number of carboxylic acid groups (broad SMARTS) is 1. The highest BCUT2D eigenvalue weighted by Gasteiger charge is 2.42. The molecule has 2 rings (SSSR count). The molecule has 126 valence electrons. The molecule has 2 N–H and O–H groups in total. The maximum Gasteiger partial charge on any atom is 0.329 e. The molecule has 0 heterocycles. The Morgan fingerprint density at radius 3 is 2.52 bits per heavy atom. The first-order chi connectivity index (χ1) is 10.9. The Hall–Kier alpha value is -1.55. The number of aryl methyl sites for hydroxylation is 1. The maximum absolute atomic E-state index is 12.3. The number of carbonyl (C=O) groups is 2. The van der Waals surface area contributed by atoms with Crippen molar-refractivity contribution < 1.29 is 14.7 Å².